The summed E-state index contributed by atoms with van der Waals surface area (Å²) in [6.45, 7) is 0.594. The average molecular weight is 262 g/mol. The molecule has 0 saturated carbocycles. The fraction of sp³-hybridized carbons (Fsp3) is 0.250. The van der Waals surface area contributed by atoms with Crippen molar-refractivity contribution in [3.63, 3.8) is 0 Å². The van der Waals surface area contributed by atoms with Gasteiger partial charge in [-0.3, -0.25) is 4.79 Å². The molecule has 0 atom stereocenters. The summed E-state index contributed by atoms with van der Waals surface area (Å²) in [5.74, 6) is -0.827. The van der Waals surface area contributed by atoms with Crippen molar-refractivity contribution >= 4 is 5.91 Å². The van der Waals surface area contributed by atoms with Crippen molar-refractivity contribution in [3.8, 4) is 5.69 Å². The van der Waals surface area contributed by atoms with Crippen LogP contribution in [0.15, 0.2) is 30.9 Å². The van der Waals surface area contributed by atoms with Gasteiger partial charge >= 0.3 is 0 Å². The third kappa shape index (κ3) is 2.08. The van der Waals surface area contributed by atoms with Crippen LogP contribution in [0.3, 0.4) is 0 Å². The Morgan fingerprint density at radius 2 is 2.21 bits per heavy atom. The highest BCUT2D eigenvalue weighted by atomic mass is 19.1. The Kier molecular flexibility index (Phi) is 2.75. The lowest BCUT2D eigenvalue weighted by molar-refractivity contribution is 0.00587. The normalized spacial score (nSPS) is 15.4. The van der Waals surface area contributed by atoms with E-state index in [0.717, 1.165) is 0 Å². The van der Waals surface area contributed by atoms with Gasteiger partial charge in [0.05, 0.1) is 6.10 Å². The molecule has 19 heavy (non-hydrogen) atoms. The Balaban J connectivity index is 1.85. The summed E-state index contributed by atoms with van der Waals surface area (Å²) in [4.78, 5) is 17.1. The minimum absolute atomic E-state index is 0.234. The minimum Gasteiger partial charge on any atom is -0.389 e. The summed E-state index contributed by atoms with van der Waals surface area (Å²) < 4.78 is 15.2. The van der Waals surface area contributed by atoms with Gasteiger partial charge in [0.15, 0.2) is 0 Å². The van der Waals surface area contributed by atoms with Crippen molar-refractivity contribution in [1.29, 1.82) is 0 Å². The summed E-state index contributed by atoms with van der Waals surface area (Å²) in [6, 6.07) is 4.19. The van der Waals surface area contributed by atoms with Crippen molar-refractivity contribution in [2.45, 2.75) is 6.10 Å². The van der Waals surface area contributed by atoms with Gasteiger partial charge in [-0.05, 0) is 18.2 Å². The molecule has 1 aliphatic heterocycles. The van der Waals surface area contributed by atoms with E-state index in [4.69, 9.17) is 5.11 Å². The SMILES string of the molecule is O=C(c1ccc(-n2cncn2)c(F)c1)N1CC(O)C1. The molecule has 2 heterocycles. The number of hydrogen-bond acceptors (Lipinski definition) is 4. The second-order valence-corrected chi connectivity index (χ2v) is 4.37. The monoisotopic (exact) mass is 262 g/mol. The van der Waals surface area contributed by atoms with Crippen LogP contribution < -0.4 is 0 Å². The van der Waals surface area contributed by atoms with Crippen LogP contribution in [-0.2, 0) is 0 Å². The molecule has 6 nitrogen and oxygen atoms in total. The summed E-state index contributed by atoms with van der Waals surface area (Å²) >= 11 is 0. The first-order valence-electron chi connectivity index (χ1n) is 5.77. The average Bonchev–Trinajstić information content (AvgIpc) is 2.87. The number of benzene rings is 1. The van der Waals surface area contributed by atoms with Crippen LogP contribution in [0, 0.1) is 5.82 Å². The maximum Gasteiger partial charge on any atom is 0.254 e. The van der Waals surface area contributed by atoms with Gasteiger partial charge < -0.3 is 10.0 Å². The number of likely N-dealkylation sites (tertiary alicyclic amines) is 1. The van der Waals surface area contributed by atoms with E-state index in [1.807, 2.05) is 0 Å². The number of hydrogen-bond donors (Lipinski definition) is 1. The first-order valence-corrected chi connectivity index (χ1v) is 5.77. The molecule has 3 rings (SSSR count). The summed E-state index contributed by atoms with van der Waals surface area (Å²) in [5.41, 5.74) is 0.492. The molecule has 0 aliphatic carbocycles. The Morgan fingerprint density at radius 1 is 1.42 bits per heavy atom. The molecule has 0 spiro atoms. The first-order chi connectivity index (χ1) is 9.15. The zero-order valence-electron chi connectivity index (χ0n) is 9.90. The zero-order chi connectivity index (χ0) is 13.4. The third-order valence-corrected chi connectivity index (χ3v) is 3.01. The Hall–Kier alpha value is -2.28. The largest absolute Gasteiger partial charge is 0.389 e. The molecule has 1 aliphatic rings. The van der Waals surface area contributed by atoms with Gasteiger partial charge in [-0.2, -0.15) is 5.10 Å². The van der Waals surface area contributed by atoms with E-state index in [1.54, 1.807) is 0 Å². The van der Waals surface area contributed by atoms with Crippen LogP contribution >= 0.6 is 0 Å². The van der Waals surface area contributed by atoms with Crippen LogP contribution in [-0.4, -0.2) is 49.9 Å². The quantitative estimate of drug-likeness (QED) is 0.840. The lowest BCUT2D eigenvalue weighted by Crippen LogP contribution is -2.53. The maximum atomic E-state index is 13.9. The van der Waals surface area contributed by atoms with Crippen LogP contribution in [0.5, 0.6) is 0 Å². The number of aliphatic hydroxyl groups excluding tert-OH is 1. The lowest BCUT2D eigenvalue weighted by atomic mass is 10.1. The van der Waals surface area contributed by atoms with Crippen molar-refractivity contribution in [2.75, 3.05) is 13.1 Å². The molecule has 0 bridgehead atoms. The second kappa shape index (κ2) is 4.43. The number of halogens is 1. The van der Waals surface area contributed by atoms with E-state index in [0.29, 0.717) is 13.1 Å². The predicted octanol–water partition coefficient (Wildman–Crippen LogP) is 0.223. The van der Waals surface area contributed by atoms with Gasteiger partial charge in [0, 0.05) is 18.7 Å². The molecule has 1 amide bonds. The number of aromatic nitrogens is 3. The molecular formula is C12H11FN4O2. The fourth-order valence-corrected chi connectivity index (χ4v) is 1.96. The molecule has 1 saturated heterocycles. The number of rotatable bonds is 2. The third-order valence-electron chi connectivity index (χ3n) is 3.01. The van der Waals surface area contributed by atoms with E-state index in [-0.39, 0.29) is 17.2 Å². The van der Waals surface area contributed by atoms with Gasteiger partial charge in [0.2, 0.25) is 0 Å². The molecule has 0 unspecified atom stereocenters. The first kappa shape index (κ1) is 11.8. The standard InChI is InChI=1S/C12H11FN4O2/c13-10-3-8(12(19)16-4-9(18)5-16)1-2-11(10)17-7-14-6-15-17/h1-3,6-7,9,18H,4-5H2. The molecule has 1 fully saturated rings. The van der Waals surface area contributed by atoms with Gasteiger partial charge in [-0.1, -0.05) is 0 Å². The number of amides is 1. The molecule has 1 aromatic heterocycles. The maximum absolute atomic E-state index is 13.9. The van der Waals surface area contributed by atoms with E-state index < -0.39 is 11.9 Å². The number of nitrogens with zero attached hydrogens (tertiary/aromatic N) is 4. The molecular weight excluding hydrogens is 251 g/mol. The van der Waals surface area contributed by atoms with Crippen molar-refractivity contribution < 1.29 is 14.3 Å². The summed E-state index contributed by atoms with van der Waals surface area (Å²) in [6.07, 6.45) is 2.22. The molecule has 1 aromatic carbocycles. The number of β-amino-alcohol motifs (C(OH)–C–C–N with tert-alkyl or cyclic N) is 1. The number of carbonyl (C=O) groups excluding carboxylic acids is 1. The predicted molar refractivity (Wildman–Crippen MR) is 63.2 cm³/mol. The Labute approximate surface area is 108 Å². The van der Waals surface area contributed by atoms with E-state index >= 15 is 0 Å². The molecule has 0 radical (unpaired) electrons. The van der Waals surface area contributed by atoms with Crippen LogP contribution in [0.2, 0.25) is 0 Å². The molecule has 98 valence electrons. The van der Waals surface area contributed by atoms with Gasteiger partial charge in [0.25, 0.3) is 5.91 Å². The Morgan fingerprint density at radius 3 is 2.79 bits per heavy atom. The van der Waals surface area contributed by atoms with Crippen LogP contribution in [0.1, 0.15) is 10.4 Å². The molecule has 2 aromatic rings. The lowest BCUT2D eigenvalue weighted by Gasteiger charge is -2.35. The summed E-state index contributed by atoms with van der Waals surface area (Å²) in [5, 5.41) is 13.0. The highest BCUT2D eigenvalue weighted by molar-refractivity contribution is 5.95. The van der Waals surface area contributed by atoms with Gasteiger partial charge in [-0.15, -0.1) is 0 Å². The van der Waals surface area contributed by atoms with E-state index in [2.05, 4.69) is 10.1 Å². The molecule has 7 heteroatoms. The van der Waals surface area contributed by atoms with Crippen molar-refractivity contribution in [2.24, 2.45) is 0 Å². The van der Waals surface area contributed by atoms with E-state index in [1.165, 1.54) is 40.4 Å². The van der Waals surface area contributed by atoms with Crippen molar-refractivity contribution in [1.82, 2.24) is 19.7 Å². The van der Waals surface area contributed by atoms with E-state index in [9.17, 15) is 9.18 Å². The van der Waals surface area contributed by atoms with Crippen molar-refractivity contribution in [3.05, 3.63) is 42.2 Å². The molecule has 1 N–H and O–H groups in total. The highest BCUT2D eigenvalue weighted by Crippen LogP contribution is 2.18. The number of carbonyl (C=O) groups is 1. The minimum atomic E-state index is -0.544. The highest BCUT2D eigenvalue weighted by Gasteiger charge is 2.29. The van der Waals surface area contributed by atoms with Crippen LogP contribution in [0.25, 0.3) is 5.69 Å². The van der Waals surface area contributed by atoms with Gasteiger partial charge in [0.1, 0.15) is 24.2 Å². The smallest absolute Gasteiger partial charge is 0.254 e. The topological polar surface area (TPSA) is 71.2 Å². The number of aliphatic hydroxyl groups is 1. The Bertz CT molecular complexity index is 608. The zero-order valence-corrected chi connectivity index (χ0v) is 9.90. The van der Waals surface area contributed by atoms with Gasteiger partial charge in [-0.25, -0.2) is 14.1 Å². The fourth-order valence-electron chi connectivity index (χ4n) is 1.96. The second-order valence-electron chi connectivity index (χ2n) is 4.37. The summed E-state index contributed by atoms with van der Waals surface area (Å²) in [7, 11) is 0. The van der Waals surface area contributed by atoms with Crippen LogP contribution in [0.4, 0.5) is 4.39 Å².